The Kier molecular flexibility index (Phi) is 8.56. The van der Waals surface area contributed by atoms with E-state index in [1.165, 1.54) is 18.1 Å². The number of rotatable bonds is 12. The Morgan fingerprint density at radius 3 is 1.97 bits per heavy atom. The van der Waals surface area contributed by atoms with E-state index in [4.69, 9.17) is 14.2 Å². The molecule has 0 unspecified atom stereocenters. The van der Waals surface area contributed by atoms with Gasteiger partial charge >= 0.3 is 11.9 Å². The van der Waals surface area contributed by atoms with Crippen LogP contribution in [0.1, 0.15) is 23.1 Å². The van der Waals surface area contributed by atoms with E-state index in [0.29, 0.717) is 34.4 Å². The predicted octanol–water partition coefficient (Wildman–Crippen LogP) is 4.16. The number of carbonyl (C=O) groups is 4. The molecule has 0 aliphatic carbocycles. The zero-order chi connectivity index (χ0) is 27.8. The maximum atomic E-state index is 14.1. The molecule has 0 N–H and O–H groups in total. The summed E-state index contributed by atoms with van der Waals surface area (Å²) >= 11 is 0. The van der Waals surface area contributed by atoms with Gasteiger partial charge in [0.1, 0.15) is 30.7 Å². The third-order valence-electron chi connectivity index (χ3n) is 6.73. The molecule has 8 heteroatoms. The zero-order valence-corrected chi connectivity index (χ0v) is 21.6. The van der Waals surface area contributed by atoms with E-state index in [1.54, 1.807) is 66.7 Å². The number of anilines is 1. The highest BCUT2D eigenvalue weighted by molar-refractivity contribution is 6.15. The monoisotopic (exact) mass is 527 g/mol. The fraction of sp³-hybridized carbons (Fsp3) is 0.226. The Morgan fingerprint density at radius 1 is 0.923 bits per heavy atom. The van der Waals surface area contributed by atoms with Crippen molar-refractivity contribution in [2.45, 2.75) is 25.0 Å². The maximum Gasteiger partial charge on any atom is 0.322 e. The molecule has 1 atom stereocenters. The highest BCUT2D eigenvalue weighted by atomic mass is 16.6. The van der Waals surface area contributed by atoms with Gasteiger partial charge in [0.2, 0.25) is 5.91 Å². The van der Waals surface area contributed by atoms with Gasteiger partial charge < -0.3 is 23.9 Å². The van der Waals surface area contributed by atoms with Crippen LogP contribution in [0.3, 0.4) is 0 Å². The number of esters is 2. The average Bonchev–Trinajstić information content (AvgIpc) is 3.19. The van der Waals surface area contributed by atoms with E-state index < -0.39 is 35.6 Å². The summed E-state index contributed by atoms with van der Waals surface area (Å²) in [5, 5.41) is 0. The highest BCUT2D eigenvalue weighted by Crippen LogP contribution is 2.50. The smallest absolute Gasteiger partial charge is 0.322 e. The summed E-state index contributed by atoms with van der Waals surface area (Å²) in [6.45, 7) is 3.57. The molecule has 0 aromatic heterocycles. The van der Waals surface area contributed by atoms with Gasteiger partial charge in [0, 0.05) is 18.7 Å². The molecule has 0 saturated carbocycles. The van der Waals surface area contributed by atoms with Crippen molar-refractivity contribution in [2.75, 3.05) is 18.6 Å². The van der Waals surface area contributed by atoms with Crippen LogP contribution in [-0.4, -0.2) is 37.8 Å². The number of fused-ring (bicyclic) bond motifs is 1. The Bertz CT molecular complexity index is 1300. The molecular formula is C31H29NO7. The van der Waals surface area contributed by atoms with Crippen LogP contribution in [0.15, 0.2) is 91.5 Å². The lowest BCUT2D eigenvalue weighted by molar-refractivity contribution is -0.169. The lowest BCUT2D eigenvalue weighted by atomic mass is 9.68. The van der Waals surface area contributed by atoms with Crippen molar-refractivity contribution in [1.29, 1.82) is 0 Å². The van der Waals surface area contributed by atoms with Gasteiger partial charge in [-0.3, -0.25) is 14.4 Å². The molecule has 8 nitrogen and oxygen atoms in total. The minimum atomic E-state index is -1.91. The van der Waals surface area contributed by atoms with Crippen molar-refractivity contribution < 1.29 is 33.4 Å². The summed E-state index contributed by atoms with van der Waals surface area (Å²) in [4.78, 5) is 55.1. The lowest BCUT2D eigenvalue weighted by Gasteiger charge is -2.32. The van der Waals surface area contributed by atoms with Crippen molar-refractivity contribution in [2.24, 2.45) is 5.92 Å². The van der Waals surface area contributed by atoms with Gasteiger partial charge in [0.05, 0.1) is 7.11 Å². The fourth-order valence-electron chi connectivity index (χ4n) is 4.86. The molecule has 4 rings (SSSR count). The van der Waals surface area contributed by atoms with Gasteiger partial charge in [-0.2, -0.15) is 0 Å². The molecule has 200 valence electrons. The van der Waals surface area contributed by atoms with Crippen molar-refractivity contribution in [3.8, 4) is 5.75 Å². The summed E-state index contributed by atoms with van der Waals surface area (Å²) in [7, 11) is 1.46. The summed E-state index contributed by atoms with van der Waals surface area (Å²) in [6.07, 6.45) is 1.60. The van der Waals surface area contributed by atoms with E-state index in [0.717, 1.165) is 0 Å². The third kappa shape index (κ3) is 5.45. The van der Waals surface area contributed by atoms with E-state index >= 15 is 0 Å². The molecule has 3 aromatic rings. The van der Waals surface area contributed by atoms with Crippen LogP contribution in [0.5, 0.6) is 5.75 Å². The lowest BCUT2D eigenvalue weighted by Crippen LogP contribution is -2.52. The predicted molar refractivity (Wildman–Crippen MR) is 144 cm³/mol. The second-order valence-electron chi connectivity index (χ2n) is 9.05. The molecule has 1 aliphatic heterocycles. The minimum absolute atomic E-state index is 0.101. The standard InChI is InChI=1S/C31H29NO7/c1-3-17-32-26-15-14-24(37-2)19-25(26)31(16-18-33,30(32)36)27(28(34)38-20-22-10-6-4-7-11-22)29(35)39-21-23-12-8-5-9-13-23/h3-15,18-19,27H,1,16-17,20-21H2,2H3/t31-/m1/s1. The first-order valence-electron chi connectivity index (χ1n) is 12.4. The molecule has 1 amide bonds. The Hall–Kier alpha value is -4.72. The van der Waals surface area contributed by atoms with E-state index in [2.05, 4.69) is 6.58 Å². The highest BCUT2D eigenvalue weighted by Gasteiger charge is 2.61. The minimum Gasteiger partial charge on any atom is -0.497 e. The number of nitrogens with zero attached hydrogens (tertiary/aromatic N) is 1. The van der Waals surface area contributed by atoms with Gasteiger partial charge in [0.25, 0.3) is 0 Å². The quantitative estimate of drug-likeness (QED) is 0.151. The normalized spacial score (nSPS) is 15.9. The molecule has 0 fully saturated rings. The van der Waals surface area contributed by atoms with Gasteiger partial charge in [-0.25, -0.2) is 0 Å². The number of amides is 1. The summed E-state index contributed by atoms with van der Waals surface area (Å²) in [5.41, 5.74) is 0.230. The molecule has 39 heavy (non-hydrogen) atoms. The van der Waals surface area contributed by atoms with Crippen LogP contribution in [0, 0.1) is 5.92 Å². The van der Waals surface area contributed by atoms with Crippen LogP contribution in [0.2, 0.25) is 0 Å². The number of benzene rings is 3. The fourth-order valence-corrected chi connectivity index (χ4v) is 4.86. The number of ether oxygens (including phenoxy) is 3. The number of aldehydes is 1. The Balaban J connectivity index is 1.81. The summed E-state index contributed by atoms with van der Waals surface area (Å²) < 4.78 is 16.6. The third-order valence-corrected chi connectivity index (χ3v) is 6.73. The van der Waals surface area contributed by atoms with E-state index in [1.807, 2.05) is 12.1 Å². The molecule has 0 saturated heterocycles. The SMILES string of the molecule is C=CCN1C(=O)[C@@](CC=O)(C(C(=O)OCc2ccccc2)C(=O)OCc2ccccc2)c2cc(OC)ccc21. The van der Waals surface area contributed by atoms with Crippen molar-refractivity contribution in [3.05, 3.63) is 108 Å². The number of hydrogen-bond donors (Lipinski definition) is 0. The second kappa shape index (κ2) is 12.2. The van der Waals surface area contributed by atoms with Gasteiger partial charge in [-0.05, 0) is 34.9 Å². The van der Waals surface area contributed by atoms with Gasteiger partial charge in [0.15, 0.2) is 5.92 Å². The zero-order valence-electron chi connectivity index (χ0n) is 21.6. The maximum absolute atomic E-state index is 14.1. The first kappa shape index (κ1) is 27.3. The van der Waals surface area contributed by atoms with E-state index in [9.17, 15) is 19.2 Å². The van der Waals surface area contributed by atoms with Gasteiger partial charge in [-0.1, -0.05) is 66.7 Å². The summed E-state index contributed by atoms with van der Waals surface area (Å²) in [5.74, 6) is -3.91. The van der Waals surface area contributed by atoms with Crippen LogP contribution in [-0.2, 0) is 47.3 Å². The topological polar surface area (TPSA) is 99.2 Å². The van der Waals surface area contributed by atoms with Crippen LogP contribution >= 0.6 is 0 Å². The average molecular weight is 528 g/mol. The van der Waals surface area contributed by atoms with Crippen LogP contribution in [0.4, 0.5) is 5.69 Å². The molecule has 0 spiro atoms. The van der Waals surface area contributed by atoms with Crippen LogP contribution in [0.25, 0.3) is 0 Å². The number of carbonyl (C=O) groups excluding carboxylic acids is 4. The second-order valence-corrected chi connectivity index (χ2v) is 9.05. The Morgan fingerprint density at radius 2 is 1.49 bits per heavy atom. The van der Waals surface area contributed by atoms with Gasteiger partial charge in [-0.15, -0.1) is 6.58 Å². The molecule has 0 radical (unpaired) electrons. The number of methoxy groups -OCH3 is 1. The molecule has 3 aromatic carbocycles. The van der Waals surface area contributed by atoms with E-state index in [-0.39, 0.29) is 19.8 Å². The summed E-state index contributed by atoms with van der Waals surface area (Å²) in [6, 6.07) is 22.8. The van der Waals surface area contributed by atoms with Crippen molar-refractivity contribution in [1.82, 2.24) is 0 Å². The molecule has 1 aliphatic rings. The largest absolute Gasteiger partial charge is 0.497 e. The number of hydrogen-bond acceptors (Lipinski definition) is 7. The molecular weight excluding hydrogens is 498 g/mol. The first-order chi connectivity index (χ1) is 19.0. The van der Waals surface area contributed by atoms with Crippen molar-refractivity contribution >= 4 is 29.8 Å². The Labute approximate surface area is 226 Å². The van der Waals surface area contributed by atoms with Crippen LogP contribution < -0.4 is 9.64 Å². The molecule has 0 bridgehead atoms. The molecule has 1 heterocycles. The van der Waals surface area contributed by atoms with Crippen molar-refractivity contribution in [3.63, 3.8) is 0 Å². The first-order valence-corrected chi connectivity index (χ1v) is 12.4.